The summed E-state index contributed by atoms with van der Waals surface area (Å²) in [4.78, 5) is 6.73. The highest BCUT2D eigenvalue weighted by Crippen LogP contribution is 2.34. The molecule has 2 aromatic carbocycles. The summed E-state index contributed by atoms with van der Waals surface area (Å²) in [6.07, 6.45) is 1.57. The van der Waals surface area contributed by atoms with E-state index >= 15 is 0 Å². The molecule has 2 aromatic rings. The minimum atomic E-state index is -0.255. The number of morpholine rings is 1. The van der Waals surface area contributed by atoms with Crippen LogP contribution in [0.4, 0.5) is 8.78 Å². The van der Waals surface area contributed by atoms with Crippen molar-refractivity contribution in [2.75, 3.05) is 39.9 Å². The summed E-state index contributed by atoms with van der Waals surface area (Å²) >= 11 is 0. The highest BCUT2D eigenvalue weighted by molar-refractivity contribution is 5.80. The van der Waals surface area contributed by atoms with Gasteiger partial charge in [0.1, 0.15) is 17.7 Å². The number of halogens is 2. The summed E-state index contributed by atoms with van der Waals surface area (Å²) in [5.41, 5.74) is 1.92. The van der Waals surface area contributed by atoms with Gasteiger partial charge in [-0.2, -0.15) is 0 Å². The zero-order valence-electron chi connectivity index (χ0n) is 18.7. The fourth-order valence-electron chi connectivity index (χ4n) is 4.70. The Morgan fingerprint density at radius 2 is 1.66 bits per heavy atom. The lowest BCUT2D eigenvalue weighted by molar-refractivity contribution is -0.0606. The molecular weight excluding hydrogens is 412 g/mol. The molecule has 0 saturated carbocycles. The number of hydrogen-bond acceptors (Lipinski definition) is 3. The first kappa shape index (κ1) is 22.7. The van der Waals surface area contributed by atoms with Gasteiger partial charge < -0.3 is 19.7 Å². The van der Waals surface area contributed by atoms with Gasteiger partial charge in [0.15, 0.2) is 5.96 Å². The Labute approximate surface area is 188 Å². The van der Waals surface area contributed by atoms with Crippen molar-refractivity contribution in [2.24, 2.45) is 4.99 Å². The summed E-state index contributed by atoms with van der Waals surface area (Å²) in [7, 11) is 1.78. The van der Waals surface area contributed by atoms with Crippen molar-refractivity contribution in [1.29, 1.82) is 0 Å². The molecule has 0 bridgehead atoms. The highest BCUT2D eigenvalue weighted by atomic mass is 19.1. The van der Waals surface area contributed by atoms with Crippen molar-refractivity contribution in [2.45, 2.75) is 37.4 Å². The number of rotatable bonds is 4. The van der Waals surface area contributed by atoms with E-state index in [0.29, 0.717) is 32.8 Å². The van der Waals surface area contributed by atoms with Crippen LogP contribution >= 0.6 is 0 Å². The number of aliphatic imine (C=N–C) groups is 1. The molecule has 2 atom stereocenters. The Balaban J connectivity index is 1.49. The molecule has 0 amide bonds. The van der Waals surface area contributed by atoms with Crippen molar-refractivity contribution in [1.82, 2.24) is 10.2 Å². The topological polar surface area (TPSA) is 46.1 Å². The summed E-state index contributed by atoms with van der Waals surface area (Å²) in [6, 6.07) is 13.3. The number of ether oxygens (including phenoxy) is 2. The van der Waals surface area contributed by atoms with Crippen LogP contribution in [0.25, 0.3) is 0 Å². The molecule has 0 spiro atoms. The molecule has 2 aliphatic heterocycles. The van der Waals surface area contributed by atoms with Gasteiger partial charge in [0.05, 0.1) is 12.6 Å². The molecule has 0 aromatic heterocycles. The summed E-state index contributed by atoms with van der Waals surface area (Å²) in [5.74, 6) is 0.323. The molecular formula is C25H31F2N3O2. The summed E-state index contributed by atoms with van der Waals surface area (Å²) in [5, 5.41) is 3.58. The minimum Gasteiger partial charge on any atom is -0.381 e. The number of hydrogen-bond donors (Lipinski definition) is 1. The van der Waals surface area contributed by atoms with Gasteiger partial charge in [0, 0.05) is 38.8 Å². The van der Waals surface area contributed by atoms with Crippen LogP contribution in [-0.2, 0) is 14.9 Å². The molecule has 172 valence electrons. The average Bonchev–Trinajstić information content (AvgIpc) is 2.80. The minimum absolute atomic E-state index is 0.00601. The van der Waals surface area contributed by atoms with E-state index < -0.39 is 0 Å². The van der Waals surface area contributed by atoms with Crippen LogP contribution in [-0.4, -0.2) is 56.9 Å². The van der Waals surface area contributed by atoms with Crippen LogP contribution < -0.4 is 5.32 Å². The van der Waals surface area contributed by atoms with Crippen LogP contribution in [0.5, 0.6) is 0 Å². The first-order chi connectivity index (χ1) is 15.5. The van der Waals surface area contributed by atoms with Crippen LogP contribution in [0.3, 0.4) is 0 Å². The van der Waals surface area contributed by atoms with E-state index in [1.807, 2.05) is 19.1 Å². The third-order valence-electron chi connectivity index (χ3n) is 6.50. The van der Waals surface area contributed by atoms with Crippen molar-refractivity contribution in [3.8, 4) is 0 Å². The van der Waals surface area contributed by atoms with Crippen LogP contribution in [0.1, 0.15) is 37.0 Å². The number of benzene rings is 2. The normalized spacial score (nSPS) is 23.8. The average molecular weight is 444 g/mol. The van der Waals surface area contributed by atoms with Gasteiger partial charge in [0.25, 0.3) is 0 Å². The standard InChI is InChI=1S/C25H31F2N3O2/c1-18-15-30(16-23(32-18)19-3-7-21(26)8-4-19)24(28-2)29-17-25(11-13-31-14-12-25)20-5-9-22(27)10-6-20/h3-10,18,23H,11-17H2,1-2H3,(H,28,29). The predicted octanol–water partition coefficient (Wildman–Crippen LogP) is 4.05. The molecule has 2 heterocycles. The van der Waals surface area contributed by atoms with Gasteiger partial charge in [-0.15, -0.1) is 0 Å². The van der Waals surface area contributed by atoms with Crippen molar-refractivity contribution >= 4 is 5.96 Å². The van der Waals surface area contributed by atoms with E-state index in [1.165, 1.54) is 24.3 Å². The maximum Gasteiger partial charge on any atom is 0.193 e. The molecule has 2 saturated heterocycles. The van der Waals surface area contributed by atoms with Crippen molar-refractivity contribution < 1.29 is 18.3 Å². The Hall–Kier alpha value is -2.51. The second kappa shape index (κ2) is 9.96. The maximum absolute atomic E-state index is 13.5. The van der Waals surface area contributed by atoms with Gasteiger partial charge in [-0.1, -0.05) is 24.3 Å². The second-order valence-corrected chi connectivity index (χ2v) is 8.69. The first-order valence-corrected chi connectivity index (χ1v) is 11.2. The van der Waals surface area contributed by atoms with Crippen LogP contribution in [0.15, 0.2) is 53.5 Å². The van der Waals surface area contributed by atoms with Gasteiger partial charge in [-0.25, -0.2) is 8.78 Å². The lowest BCUT2D eigenvalue weighted by atomic mass is 9.74. The SMILES string of the molecule is CN=C(NCC1(c2ccc(F)cc2)CCOCC1)N1CC(C)OC(c2ccc(F)cc2)C1. The molecule has 2 fully saturated rings. The molecule has 0 aliphatic carbocycles. The van der Waals surface area contributed by atoms with Crippen LogP contribution in [0.2, 0.25) is 0 Å². The van der Waals surface area contributed by atoms with E-state index in [9.17, 15) is 8.78 Å². The largest absolute Gasteiger partial charge is 0.381 e. The first-order valence-electron chi connectivity index (χ1n) is 11.2. The van der Waals surface area contributed by atoms with Gasteiger partial charge in [0.2, 0.25) is 0 Å². The molecule has 32 heavy (non-hydrogen) atoms. The molecule has 2 aliphatic rings. The maximum atomic E-state index is 13.5. The van der Waals surface area contributed by atoms with E-state index in [0.717, 1.165) is 29.9 Å². The Bertz CT molecular complexity index is 912. The molecule has 2 unspecified atom stereocenters. The molecule has 7 heteroatoms. The van der Waals surface area contributed by atoms with Gasteiger partial charge in [-0.3, -0.25) is 4.99 Å². The molecule has 4 rings (SSSR count). The second-order valence-electron chi connectivity index (χ2n) is 8.69. The quantitative estimate of drug-likeness (QED) is 0.572. The zero-order valence-corrected chi connectivity index (χ0v) is 18.7. The van der Waals surface area contributed by atoms with Crippen molar-refractivity contribution in [3.63, 3.8) is 0 Å². The molecule has 0 radical (unpaired) electrons. The van der Waals surface area contributed by atoms with E-state index in [-0.39, 0.29) is 29.3 Å². The number of nitrogens with zero attached hydrogens (tertiary/aromatic N) is 2. The molecule has 5 nitrogen and oxygen atoms in total. The van der Waals surface area contributed by atoms with Gasteiger partial charge in [-0.05, 0) is 55.2 Å². The Kier molecular flexibility index (Phi) is 7.06. The van der Waals surface area contributed by atoms with E-state index in [4.69, 9.17) is 9.47 Å². The van der Waals surface area contributed by atoms with Gasteiger partial charge >= 0.3 is 0 Å². The fourth-order valence-corrected chi connectivity index (χ4v) is 4.70. The number of guanidine groups is 1. The fraction of sp³-hybridized carbons (Fsp3) is 0.480. The third kappa shape index (κ3) is 5.10. The monoisotopic (exact) mass is 443 g/mol. The third-order valence-corrected chi connectivity index (χ3v) is 6.50. The van der Waals surface area contributed by atoms with E-state index in [1.54, 1.807) is 19.2 Å². The summed E-state index contributed by atoms with van der Waals surface area (Å²) < 4.78 is 38.6. The lowest BCUT2D eigenvalue weighted by Crippen LogP contribution is -2.53. The smallest absolute Gasteiger partial charge is 0.193 e. The van der Waals surface area contributed by atoms with Crippen LogP contribution in [0, 0.1) is 11.6 Å². The number of nitrogens with one attached hydrogen (secondary N) is 1. The lowest BCUT2D eigenvalue weighted by Gasteiger charge is -2.41. The van der Waals surface area contributed by atoms with Crippen molar-refractivity contribution in [3.05, 3.63) is 71.3 Å². The summed E-state index contributed by atoms with van der Waals surface area (Å²) in [6.45, 7) is 5.42. The predicted molar refractivity (Wildman–Crippen MR) is 121 cm³/mol. The Morgan fingerprint density at radius 3 is 2.28 bits per heavy atom. The van der Waals surface area contributed by atoms with E-state index in [2.05, 4.69) is 15.2 Å². The molecule has 1 N–H and O–H groups in total. The zero-order chi connectivity index (χ0) is 22.6. The Morgan fingerprint density at radius 1 is 1.03 bits per heavy atom. The highest BCUT2D eigenvalue weighted by Gasteiger charge is 2.36.